The first-order valence-electron chi connectivity index (χ1n) is 7.48. The van der Waals surface area contributed by atoms with Crippen molar-refractivity contribution in [3.05, 3.63) is 30.2 Å². The molecule has 7 nitrogen and oxygen atoms in total. The number of guanidine groups is 1. The third-order valence-electron chi connectivity index (χ3n) is 3.09. The molecule has 0 saturated heterocycles. The summed E-state index contributed by atoms with van der Waals surface area (Å²) < 4.78 is 1.96. The van der Waals surface area contributed by atoms with Gasteiger partial charge in [-0.25, -0.2) is 0 Å². The maximum Gasteiger partial charge on any atom is 0.191 e. The Morgan fingerprint density at radius 3 is 2.73 bits per heavy atom. The Hall–Kier alpha value is -2.15. The van der Waals surface area contributed by atoms with Crippen molar-refractivity contribution in [2.45, 2.75) is 32.9 Å². The number of nitrogens with zero attached hydrogens (tertiary/aromatic N) is 4. The van der Waals surface area contributed by atoms with E-state index >= 15 is 0 Å². The summed E-state index contributed by atoms with van der Waals surface area (Å²) in [5, 5.41) is 18.3. The largest absolute Gasteiger partial charge is 0.355 e. The molecule has 0 radical (unpaired) electrons. The lowest BCUT2D eigenvalue weighted by atomic mass is 10.1. The molecule has 0 aliphatic heterocycles. The lowest BCUT2D eigenvalue weighted by Crippen LogP contribution is -2.44. The number of rotatable bonds is 5. The average Bonchev–Trinajstić information content (AvgIpc) is 2.89. The normalized spacial score (nSPS) is 12.6. The van der Waals surface area contributed by atoms with E-state index < -0.39 is 0 Å². The molecule has 0 aliphatic carbocycles. The van der Waals surface area contributed by atoms with Crippen LogP contribution in [0.4, 0.5) is 0 Å². The second-order valence-corrected chi connectivity index (χ2v) is 6.07. The molecular formula is C15H25N7. The smallest absolute Gasteiger partial charge is 0.191 e. The Labute approximate surface area is 131 Å². The second kappa shape index (κ2) is 7.22. The molecule has 0 saturated carbocycles. The van der Waals surface area contributed by atoms with Gasteiger partial charge in [-0.15, -0.1) is 10.2 Å². The monoisotopic (exact) mass is 303 g/mol. The Morgan fingerprint density at radius 1 is 1.18 bits per heavy atom. The van der Waals surface area contributed by atoms with E-state index in [1.54, 1.807) is 7.05 Å². The fourth-order valence-electron chi connectivity index (χ4n) is 2.01. The van der Waals surface area contributed by atoms with Gasteiger partial charge in [0.05, 0.1) is 6.54 Å². The van der Waals surface area contributed by atoms with Crippen molar-refractivity contribution < 1.29 is 0 Å². The lowest BCUT2D eigenvalue weighted by molar-refractivity contribution is 0.428. The minimum Gasteiger partial charge on any atom is -0.355 e. The summed E-state index contributed by atoms with van der Waals surface area (Å²) >= 11 is 0. The zero-order chi connectivity index (χ0) is 16.0. The Bertz CT molecular complexity index is 624. The molecule has 0 aliphatic rings. The standard InChI is InChI=1S/C15H25N7/c1-15(2,3)19-9-8-17-14(16-4)18-11-13-21-20-12-7-5-6-10-22(12)13/h5-7,10,19H,8-9,11H2,1-4H3,(H2,16,17,18). The van der Waals surface area contributed by atoms with Crippen LogP contribution in [0.3, 0.4) is 0 Å². The van der Waals surface area contributed by atoms with Gasteiger partial charge in [0, 0.05) is 31.9 Å². The molecule has 2 rings (SSSR count). The van der Waals surface area contributed by atoms with Crippen molar-refractivity contribution in [2.24, 2.45) is 4.99 Å². The molecule has 0 bridgehead atoms. The summed E-state index contributed by atoms with van der Waals surface area (Å²) in [4.78, 5) is 4.21. The van der Waals surface area contributed by atoms with Crippen molar-refractivity contribution in [3.63, 3.8) is 0 Å². The third-order valence-corrected chi connectivity index (χ3v) is 3.09. The van der Waals surface area contributed by atoms with E-state index in [0.717, 1.165) is 30.5 Å². The zero-order valence-electron chi connectivity index (χ0n) is 13.7. The van der Waals surface area contributed by atoms with Crippen molar-refractivity contribution in [2.75, 3.05) is 20.1 Å². The summed E-state index contributed by atoms with van der Waals surface area (Å²) in [6.45, 7) is 8.69. The van der Waals surface area contributed by atoms with Crippen molar-refractivity contribution in [1.29, 1.82) is 0 Å². The fourth-order valence-corrected chi connectivity index (χ4v) is 2.01. The highest BCUT2D eigenvalue weighted by Crippen LogP contribution is 2.02. The number of hydrogen-bond acceptors (Lipinski definition) is 4. The summed E-state index contributed by atoms with van der Waals surface area (Å²) in [6, 6.07) is 5.84. The van der Waals surface area contributed by atoms with Gasteiger partial charge in [0.25, 0.3) is 0 Å². The second-order valence-electron chi connectivity index (χ2n) is 6.07. The highest BCUT2D eigenvalue weighted by atomic mass is 15.3. The van der Waals surface area contributed by atoms with Crippen LogP contribution in [0.1, 0.15) is 26.6 Å². The van der Waals surface area contributed by atoms with Crippen LogP contribution in [0.15, 0.2) is 29.4 Å². The van der Waals surface area contributed by atoms with Crippen LogP contribution in [0.25, 0.3) is 5.65 Å². The summed E-state index contributed by atoms with van der Waals surface area (Å²) in [5.41, 5.74) is 0.968. The van der Waals surface area contributed by atoms with E-state index in [1.165, 1.54) is 0 Å². The first-order valence-corrected chi connectivity index (χ1v) is 7.48. The molecule has 2 heterocycles. The van der Waals surface area contributed by atoms with Crippen LogP contribution in [0.2, 0.25) is 0 Å². The summed E-state index contributed by atoms with van der Waals surface area (Å²) in [5.74, 6) is 1.61. The van der Waals surface area contributed by atoms with Crippen LogP contribution in [0.5, 0.6) is 0 Å². The molecule has 0 atom stereocenters. The van der Waals surface area contributed by atoms with Gasteiger partial charge in [-0.2, -0.15) is 0 Å². The van der Waals surface area contributed by atoms with E-state index in [4.69, 9.17) is 0 Å². The number of nitrogens with one attached hydrogen (secondary N) is 3. The molecule has 120 valence electrons. The molecule has 22 heavy (non-hydrogen) atoms. The van der Waals surface area contributed by atoms with Gasteiger partial charge in [-0.3, -0.25) is 9.39 Å². The lowest BCUT2D eigenvalue weighted by Gasteiger charge is -2.21. The van der Waals surface area contributed by atoms with Crippen molar-refractivity contribution in [3.8, 4) is 0 Å². The van der Waals surface area contributed by atoms with Crippen LogP contribution in [-0.2, 0) is 6.54 Å². The van der Waals surface area contributed by atoms with Crippen LogP contribution < -0.4 is 16.0 Å². The molecule has 0 spiro atoms. The first kappa shape index (κ1) is 16.2. The van der Waals surface area contributed by atoms with Crippen LogP contribution >= 0.6 is 0 Å². The SMILES string of the molecule is CN=C(NCCNC(C)(C)C)NCc1nnc2ccccn12. The minimum absolute atomic E-state index is 0.124. The molecule has 0 aromatic carbocycles. The van der Waals surface area contributed by atoms with Gasteiger partial charge in [0.2, 0.25) is 0 Å². The molecule has 7 heteroatoms. The minimum atomic E-state index is 0.124. The number of pyridine rings is 1. The third kappa shape index (κ3) is 4.70. The maximum absolute atomic E-state index is 4.21. The average molecular weight is 303 g/mol. The number of hydrogen-bond donors (Lipinski definition) is 3. The van der Waals surface area contributed by atoms with Crippen LogP contribution in [-0.4, -0.2) is 46.2 Å². The molecule has 2 aromatic heterocycles. The van der Waals surface area contributed by atoms with Gasteiger partial charge in [-0.1, -0.05) is 6.07 Å². The number of aromatic nitrogens is 3. The molecular weight excluding hydrogens is 278 g/mol. The first-order chi connectivity index (χ1) is 10.5. The highest BCUT2D eigenvalue weighted by Gasteiger charge is 2.08. The van der Waals surface area contributed by atoms with E-state index in [2.05, 4.69) is 51.9 Å². The van der Waals surface area contributed by atoms with Gasteiger partial charge in [0.15, 0.2) is 17.4 Å². The van der Waals surface area contributed by atoms with Gasteiger partial charge in [0.1, 0.15) is 0 Å². The van der Waals surface area contributed by atoms with Gasteiger partial charge < -0.3 is 16.0 Å². The quantitative estimate of drug-likeness (QED) is 0.432. The Kier molecular flexibility index (Phi) is 5.32. The predicted octanol–water partition coefficient (Wildman–Crippen LogP) is 0.782. The number of aliphatic imine (C=N–C) groups is 1. The molecule has 2 aromatic rings. The van der Waals surface area contributed by atoms with E-state index in [-0.39, 0.29) is 5.54 Å². The van der Waals surface area contributed by atoms with Crippen molar-refractivity contribution >= 4 is 11.6 Å². The van der Waals surface area contributed by atoms with E-state index in [9.17, 15) is 0 Å². The maximum atomic E-state index is 4.21. The van der Waals surface area contributed by atoms with E-state index in [0.29, 0.717) is 6.54 Å². The topological polar surface area (TPSA) is 78.6 Å². The Morgan fingerprint density at radius 2 is 2.00 bits per heavy atom. The molecule has 0 fully saturated rings. The summed E-state index contributed by atoms with van der Waals surface area (Å²) in [7, 11) is 1.76. The molecule has 0 unspecified atom stereocenters. The van der Waals surface area contributed by atoms with Crippen LogP contribution in [0, 0.1) is 0 Å². The van der Waals surface area contributed by atoms with Gasteiger partial charge in [-0.05, 0) is 32.9 Å². The van der Waals surface area contributed by atoms with Gasteiger partial charge >= 0.3 is 0 Å². The number of fused-ring (bicyclic) bond motifs is 1. The summed E-state index contributed by atoms with van der Waals surface area (Å²) in [6.07, 6.45) is 1.95. The Balaban J connectivity index is 1.81. The molecule has 0 amide bonds. The molecule has 3 N–H and O–H groups in total. The zero-order valence-corrected chi connectivity index (χ0v) is 13.7. The fraction of sp³-hybridized carbons (Fsp3) is 0.533. The van der Waals surface area contributed by atoms with E-state index in [1.807, 2.05) is 28.8 Å². The van der Waals surface area contributed by atoms with Crippen molar-refractivity contribution in [1.82, 2.24) is 30.5 Å². The highest BCUT2D eigenvalue weighted by molar-refractivity contribution is 5.79. The predicted molar refractivity (Wildman–Crippen MR) is 88.9 cm³/mol.